The number of rotatable bonds is 5. The van der Waals surface area contributed by atoms with Crippen molar-refractivity contribution in [1.82, 2.24) is 24.9 Å². The van der Waals surface area contributed by atoms with E-state index >= 15 is 0 Å². The van der Waals surface area contributed by atoms with Crippen LogP contribution in [0.25, 0.3) is 11.3 Å². The highest BCUT2D eigenvalue weighted by Crippen LogP contribution is 2.24. The quantitative estimate of drug-likeness (QED) is 0.684. The third-order valence-electron chi connectivity index (χ3n) is 5.08. The number of nitrogens with zero attached hydrogens (tertiary/aromatic N) is 5. The molecular formula is C21H23N5O2. The van der Waals surface area contributed by atoms with Gasteiger partial charge >= 0.3 is 0 Å². The van der Waals surface area contributed by atoms with Gasteiger partial charge in [0.1, 0.15) is 11.4 Å². The first-order valence-electron chi connectivity index (χ1n) is 9.47. The SMILES string of the molecule is COc1ccccc1C(=O)N1CCCC(Cn2cc(-c3cccnc3)nn2)C1. The molecule has 1 aliphatic rings. The highest BCUT2D eigenvalue weighted by Gasteiger charge is 2.26. The van der Waals surface area contributed by atoms with Gasteiger partial charge in [-0.3, -0.25) is 14.5 Å². The minimum Gasteiger partial charge on any atom is -0.496 e. The van der Waals surface area contributed by atoms with Crippen LogP contribution in [0.4, 0.5) is 0 Å². The summed E-state index contributed by atoms with van der Waals surface area (Å²) in [6, 6.07) is 11.2. The number of hydrogen-bond acceptors (Lipinski definition) is 5. The number of carbonyl (C=O) groups excluding carboxylic acids is 1. The monoisotopic (exact) mass is 377 g/mol. The molecule has 1 unspecified atom stereocenters. The molecule has 28 heavy (non-hydrogen) atoms. The lowest BCUT2D eigenvalue weighted by Crippen LogP contribution is -2.41. The Morgan fingerprint density at radius 2 is 2.14 bits per heavy atom. The van der Waals surface area contributed by atoms with E-state index in [1.54, 1.807) is 19.5 Å². The third kappa shape index (κ3) is 3.88. The van der Waals surface area contributed by atoms with Crippen LogP contribution in [-0.4, -0.2) is 51.0 Å². The fraction of sp³-hybridized carbons (Fsp3) is 0.333. The van der Waals surface area contributed by atoms with Gasteiger partial charge in [-0.05, 0) is 43.0 Å². The smallest absolute Gasteiger partial charge is 0.257 e. The van der Waals surface area contributed by atoms with Crippen LogP contribution in [0, 0.1) is 5.92 Å². The first kappa shape index (κ1) is 18.2. The van der Waals surface area contributed by atoms with Crippen LogP contribution in [0.3, 0.4) is 0 Å². The van der Waals surface area contributed by atoms with Gasteiger partial charge in [0.05, 0.1) is 18.9 Å². The van der Waals surface area contributed by atoms with Gasteiger partial charge in [0, 0.05) is 37.6 Å². The first-order chi connectivity index (χ1) is 13.7. The molecule has 0 saturated carbocycles. The van der Waals surface area contributed by atoms with Gasteiger partial charge in [0.25, 0.3) is 5.91 Å². The molecule has 1 amide bonds. The number of para-hydroxylation sites is 1. The fourth-order valence-electron chi connectivity index (χ4n) is 3.69. The van der Waals surface area contributed by atoms with Crippen molar-refractivity contribution >= 4 is 5.91 Å². The average molecular weight is 377 g/mol. The second-order valence-electron chi connectivity index (χ2n) is 7.03. The lowest BCUT2D eigenvalue weighted by molar-refractivity contribution is 0.0656. The normalized spacial score (nSPS) is 16.8. The van der Waals surface area contributed by atoms with Crippen molar-refractivity contribution in [3.8, 4) is 17.0 Å². The number of methoxy groups -OCH3 is 1. The molecule has 0 radical (unpaired) electrons. The molecule has 1 aliphatic heterocycles. The van der Waals surface area contributed by atoms with Gasteiger partial charge in [-0.1, -0.05) is 17.3 Å². The number of carbonyl (C=O) groups is 1. The molecule has 3 aromatic rings. The van der Waals surface area contributed by atoms with Crippen molar-refractivity contribution in [3.63, 3.8) is 0 Å². The first-order valence-corrected chi connectivity index (χ1v) is 9.47. The number of pyridine rings is 1. The predicted octanol–water partition coefficient (Wildman–Crippen LogP) is 2.90. The van der Waals surface area contributed by atoms with Crippen LogP contribution in [0.2, 0.25) is 0 Å². The van der Waals surface area contributed by atoms with E-state index in [9.17, 15) is 4.79 Å². The fourth-order valence-corrected chi connectivity index (χ4v) is 3.69. The van der Waals surface area contributed by atoms with E-state index < -0.39 is 0 Å². The molecule has 1 atom stereocenters. The van der Waals surface area contributed by atoms with E-state index in [0.717, 1.165) is 37.2 Å². The molecule has 1 aromatic carbocycles. The molecule has 0 aliphatic carbocycles. The Morgan fingerprint density at radius 1 is 1.25 bits per heavy atom. The highest BCUT2D eigenvalue weighted by atomic mass is 16.5. The molecule has 3 heterocycles. The van der Waals surface area contributed by atoms with Gasteiger partial charge in [0.15, 0.2) is 0 Å². The molecule has 4 rings (SSSR count). The number of aromatic nitrogens is 4. The molecule has 0 bridgehead atoms. The lowest BCUT2D eigenvalue weighted by atomic mass is 9.97. The Balaban J connectivity index is 1.43. The Kier molecular flexibility index (Phi) is 5.32. The van der Waals surface area contributed by atoms with Gasteiger partial charge in [-0.25, -0.2) is 0 Å². The van der Waals surface area contributed by atoms with E-state index in [2.05, 4.69) is 15.3 Å². The topological polar surface area (TPSA) is 73.1 Å². The molecule has 7 heteroatoms. The van der Waals surface area contributed by atoms with Crippen molar-refractivity contribution < 1.29 is 9.53 Å². The van der Waals surface area contributed by atoms with E-state index in [4.69, 9.17) is 4.74 Å². The molecule has 0 spiro atoms. The van der Waals surface area contributed by atoms with Crippen LogP contribution in [0.5, 0.6) is 5.75 Å². The second-order valence-corrected chi connectivity index (χ2v) is 7.03. The van der Waals surface area contributed by atoms with Gasteiger partial charge in [-0.15, -0.1) is 5.10 Å². The summed E-state index contributed by atoms with van der Waals surface area (Å²) < 4.78 is 7.21. The molecule has 144 valence electrons. The molecule has 1 saturated heterocycles. The molecule has 2 aromatic heterocycles. The summed E-state index contributed by atoms with van der Waals surface area (Å²) in [6.45, 7) is 2.22. The number of hydrogen-bond donors (Lipinski definition) is 0. The number of likely N-dealkylation sites (tertiary alicyclic amines) is 1. The zero-order valence-electron chi connectivity index (χ0n) is 15.9. The van der Waals surface area contributed by atoms with Crippen LogP contribution >= 0.6 is 0 Å². The lowest BCUT2D eigenvalue weighted by Gasteiger charge is -2.33. The van der Waals surface area contributed by atoms with Gasteiger partial charge < -0.3 is 9.64 Å². The second kappa shape index (κ2) is 8.21. The summed E-state index contributed by atoms with van der Waals surface area (Å²) in [5.41, 5.74) is 2.38. The predicted molar refractivity (Wildman–Crippen MR) is 105 cm³/mol. The van der Waals surface area contributed by atoms with Crippen molar-refractivity contribution in [2.24, 2.45) is 5.92 Å². The van der Waals surface area contributed by atoms with E-state index in [0.29, 0.717) is 23.8 Å². The summed E-state index contributed by atoms with van der Waals surface area (Å²) in [7, 11) is 1.59. The van der Waals surface area contributed by atoms with E-state index in [1.165, 1.54) is 0 Å². The number of amides is 1. The minimum atomic E-state index is 0.0248. The highest BCUT2D eigenvalue weighted by molar-refractivity contribution is 5.97. The average Bonchev–Trinajstić information content (AvgIpc) is 3.22. The van der Waals surface area contributed by atoms with Gasteiger partial charge in [-0.2, -0.15) is 0 Å². The summed E-state index contributed by atoms with van der Waals surface area (Å²) >= 11 is 0. The summed E-state index contributed by atoms with van der Waals surface area (Å²) in [5, 5.41) is 8.51. The van der Waals surface area contributed by atoms with Crippen molar-refractivity contribution in [2.75, 3.05) is 20.2 Å². The van der Waals surface area contributed by atoms with Crippen LogP contribution < -0.4 is 4.74 Å². The Labute approximate surface area is 164 Å². The standard InChI is InChI=1S/C21H23N5O2/c1-28-20-9-3-2-8-18(20)21(27)25-11-5-6-16(13-25)14-26-15-19(23-24-26)17-7-4-10-22-12-17/h2-4,7-10,12,15-16H,5-6,11,13-14H2,1H3. The van der Waals surface area contributed by atoms with E-state index in [-0.39, 0.29) is 5.91 Å². The Morgan fingerprint density at radius 3 is 2.96 bits per heavy atom. The zero-order chi connectivity index (χ0) is 19.3. The summed E-state index contributed by atoms with van der Waals surface area (Å²) in [5.74, 6) is 0.986. The maximum absolute atomic E-state index is 13.0. The Hall–Kier alpha value is -3.22. The largest absolute Gasteiger partial charge is 0.496 e. The van der Waals surface area contributed by atoms with Crippen molar-refractivity contribution in [3.05, 3.63) is 60.6 Å². The van der Waals surface area contributed by atoms with Gasteiger partial charge in [0.2, 0.25) is 0 Å². The van der Waals surface area contributed by atoms with Crippen molar-refractivity contribution in [2.45, 2.75) is 19.4 Å². The van der Waals surface area contributed by atoms with Crippen LogP contribution in [0.15, 0.2) is 55.0 Å². The maximum Gasteiger partial charge on any atom is 0.257 e. The van der Waals surface area contributed by atoms with Crippen LogP contribution in [0.1, 0.15) is 23.2 Å². The maximum atomic E-state index is 13.0. The number of ether oxygens (including phenoxy) is 1. The summed E-state index contributed by atoms with van der Waals surface area (Å²) in [4.78, 5) is 19.0. The molecular weight excluding hydrogens is 354 g/mol. The van der Waals surface area contributed by atoms with Crippen molar-refractivity contribution in [1.29, 1.82) is 0 Å². The Bertz CT molecular complexity index is 941. The number of piperidine rings is 1. The van der Waals surface area contributed by atoms with E-state index in [1.807, 2.05) is 52.2 Å². The number of benzene rings is 1. The summed E-state index contributed by atoms with van der Waals surface area (Å²) in [6.07, 6.45) is 7.51. The zero-order valence-corrected chi connectivity index (χ0v) is 15.9. The molecule has 1 fully saturated rings. The third-order valence-corrected chi connectivity index (χ3v) is 5.08. The molecule has 0 N–H and O–H groups in total. The minimum absolute atomic E-state index is 0.0248. The van der Waals surface area contributed by atoms with Crippen LogP contribution in [-0.2, 0) is 6.54 Å². The molecule has 7 nitrogen and oxygen atoms in total.